The van der Waals surface area contributed by atoms with Gasteiger partial charge in [0.1, 0.15) is 0 Å². The molecule has 0 bridgehead atoms. The van der Waals surface area contributed by atoms with Crippen molar-refractivity contribution in [1.82, 2.24) is 9.97 Å². The zero-order chi connectivity index (χ0) is 28.4. The molecule has 7 heteroatoms. The Morgan fingerprint density at radius 1 is 0.738 bits per heavy atom. The van der Waals surface area contributed by atoms with Gasteiger partial charge in [-0.2, -0.15) is 8.42 Å². The van der Waals surface area contributed by atoms with Gasteiger partial charge in [-0.25, -0.2) is 4.98 Å². The number of pyridine rings is 2. The maximum absolute atomic E-state index is 10.3. The molecule has 2 aromatic heterocycles. The van der Waals surface area contributed by atoms with Gasteiger partial charge in [0.25, 0.3) is 0 Å². The first-order valence-corrected chi connectivity index (χ1v) is 14.8. The third kappa shape index (κ3) is 4.41. The van der Waals surface area contributed by atoms with E-state index in [1.165, 1.54) is 68.2 Å². The van der Waals surface area contributed by atoms with E-state index in [-0.39, 0.29) is 30.5 Å². The Labute approximate surface area is 258 Å². The molecular weight excluding hydrogens is 721 g/mol. The molecule has 0 amide bonds. The largest absolute Gasteiger partial charge is 0.312 e. The van der Waals surface area contributed by atoms with Crippen LogP contribution in [-0.4, -0.2) is 22.9 Å². The molecule has 0 fully saturated rings. The van der Waals surface area contributed by atoms with Gasteiger partial charge in [-0.3, -0.25) is 9.54 Å². The van der Waals surface area contributed by atoms with Gasteiger partial charge in [-0.1, -0.05) is 97.8 Å². The minimum absolute atomic E-state index is 0. The van der Waals surface area contributed by atoms with Crippen LogP contribution in [0.1, 0.15) is 25.0 Å². The van der Waals surface area contributed by atoms with Gasteiger partial charge in [0.15, 0.2) is 5.03 Å². The summed E-state index contributed by atoms with van der Waals surface area (Å²) in [6, 6.07) is 38.3. The molecule has 2 heterocycles. The summed E-state index contributed by atoms with van der Waals surface area (Å²) in [6.07, 6.45) is 1.29. The SMILES string of the molecule is CC1(C)c2ccccc2-c2c(-c3cc4c5c(cccc5n3)-c3ccccc3-4)[c-]ccc21.O=S(=O)(O)c1ccccn1.[Ir]. The van der Waals surface area contributed by atoms with Crippen LogP contribution in [-0.2, 0) is 35.6 Å². The van der Waals surface area contributed by atoms with Crippen LogP contribution in [0.2, 0.25) is 0 Å². The van der Waals surface area contributed by atoms with Crippen molar-refractivity contribution in [2.45, 2.75) is 24.3 Å². The summed E-state index contributed by atoms with van der Waals surface area (Å²) in [5.41, 5.74) is 13.6. The van der Waals surface area contributed by atoms with Crippen LogP contribution >= 0.6 is 0 Å². The first-order valence-electron chi connectivity index (χ1n) is 13.3. The first-order chi connectivity index (χ1) is 19.7. The minimum Gasteiger partial charge on any atom is -0.296 e. The Bertz CT molecular complexity index is 2110. The summed E-state index contributed by atoms with van der Waals surface area (Å²) in [7, 11) is -4.11. The summed E-state index contributed by atoms with van der Waals surface area (Å²) in [6.45, 7) is 4.63. The fourth-order valence-corrected chi connectivity index (χ4v) is 6.64. The molecule has 1 radical (unpaired) electrons. The van der Waals surface area contributed by atoms with Gasteiger partial charge in [0, 0.05) is 31.7 Å². The standard InChI is InChI=1S/C30H20N.C5H5NO3S.Ir/c1-30(2)24-14-6-5-11-21(24)28-22(13-7-15-25(28)30)27-17-23-19-10-4-3-9-18(19)20-12-8-16-26(31-27)29(20)23;7-10(8,9)5-3-1-2-4-6-5;/h3-12,14-17H,1-2H3;1-4H,(H,7,8,9);/q-1;;. The van der Waals surface area contributed by atoms with E-state index in [0.29, 0.717) is 0 Å². The van der Waals surface area contributed by atoms with Crippen LogP contribution in [0.15, 0.2) is 114 Å². The van der Waals surface area contributed by atoms with E-state index in [1.54, 1.807) is 6.07 Å². The zero-order valence-corrected chi connectivity index (χ0v) is 26.0. The molecule has 2 aliphatic carbocycles. The van der Waals surface area contributed by atoms with Crippen LogP contribution in [0.4, 0.5) is 0 Å². The molecule has 0 unspecified atom stereocenters. The van der Waals surface area contributed by atoms with Crippen molar-refractivity contribution in [2.75, 3.05) is 0 Å². The van der Waals surface area contributed by atoms with Crippen molar-refractivity contribution in [3.63, 3.8) is 0 Å². The summed E-state index contributed by atoms with van der Waals surface area (Å²) >= 11 is 0. The Kier molecular flexibility index (Phi) is 6.95. The molecule has 4 aromatic carbocycles. The third-order valence-electron chi connectivity index (χ3n) is 8.04. The number of aromatic nitrogens is 2. The molecule has 209 valence electrons. The molecule has 5 nitrogen and oxygen atoms in total. The van der Waals surface area contributed by atoms with Crippen LogP contribution < -0.4 is 0 Å². The number of fused-ring (bicyclic) bond motifs is 6. The van der Waals surface area contributed by atoms with E-state index in [1.807, 2.05) is 0 Å². The smallest absolute Gasteiger partial charge is 0.296 e. The van der Waals surface area contributed by atoms with Gasteiger partial charge in [0.2, 0.25) is 0 Å². The summed E-state index contributed by atoms with van der Waals surface area (Å²) in [5, 5.41) is 0.941. The van der Waals surface area contributed by atoms with Crippen LogP contribution in [0.5, 0.6) is 0 Å². The van der Waals surface area contributed by atoms with Crippen molar-refractivity contribution in [2.24, 2.45) is 0 Å². The molecule has 2 aliphatic rings. The Balaban J connectivity index is 0.000000247. The summed E-state index contributed by atoms with van der Waals surface area (Å²) < 4.78 is 29.1. The van der Waals surface area contributed by atoms with E-state index < -0.39 is 10.1 Å². The van der Waals surface area contributed by atoms with Crippen molar-refractivity contribution in [3.05, 3.63) is 127 Å². The fourth-order valence-electron chi connectivity index (χ4n) is 6.20. The predicted molar refractivity (Wildman–Crippen MR) is 162 cm³/mol. The predicted octanol–water partition coefficient (Wildman–Crippen LogP) is 7.98. The van der Waals surface area contributed by atoms with Crippen molar-refractivity contribution in [3.8, 4) is 44.6 Å². The van der Waals surface area contributed by atoms with Crippen LogP contribution in [0.3, 0.4) is 0 Å². The maximum atomic E-state index is 10.3. The number of hydrogen-bond acceptors (Lipinski definition) is 4. The quantitative estimate of drug-likeness (QED) is 0.144. The molecule has 6 aromatic rings. The second-order valence-electron chi connectivity index (χ2n) is 10.8. The van der Waals surface area contributed by atoms with Crippen LogP contribution in [0.25, 0.3) is 55.5 Å². The van der Waals surface area contributed by atoms with Gasteiger partial charge in [-0.05, 0) is 57.1 Å². The Morgan fingerprint density at radius 2 is 1.40 bits per heavy atom. The molecule has 0 saturated carbocycles. The number of rotatable bonds is 2. The average molecular weight is 746 g/mol. The van der Waals surface area contributed by atoms with Crippen molar-refractivity contribution >= 4 is 21.0 Å². The van der Waals surface area contributed by atoms with E-state index in [0.717, 1.165) is 16.8 Å². The second-order valence-corrected chi connectivity index (χ2v) is 12.1. The summed E-state index contributed by atoms with van der Waals surface area (Å²) in [5.74, 6) is 0. The Morgan fingerprint density at radius 3 is 2.10 bits per heavy atom. The molecule has 0 spiro atoms. The van der Waals surface area contributed by atoms with Crippen molar-refractivity contribution in [1.29, 1.82) is 0 Å². The monoisotopic (exact) mass is 746 g/mol. The molecule has 0 saturated heterocycles. The normalized spacial score (nSPS) is 13.3. The third-order valence-corrected chi connectivity index (χ3v) is 8.81. The minimum atomic E-state index is -4.11. The topological polar surface area (TPSA) is 80.2 Å². The van der Waals surface area contributed by atoms with E-state index >= 15 is 0 Å². The fraction of sp³-hybridized carbons (Fsp3) is 0.0857. The molecule has 0 aliphatic heterocycles. The Hall–Kier alpha value is -4.00. The zero-order valence-electron chi connectivity index (χ0n) is 22.8. The number of nitrogens with zero attached hydrogens (tertiary/aromatic N) is 2. The first kappa shape index (κ1) is 28.1. The van der Waals surface area contributed by atoms with E-state index in [9.17, 15) is 8.42 Å². The molecule has 8 rings (SSSR count). The maximum Gasteiger partial charge on any atom is 0.312 e. The van der Waals surface area contributed by atoms with E-state index in [2.05, 4.69) is 110 Å². The second kappa shape index (κ2) is 10.4. The summed E-state index contributed by atoms with van der Waals surface area (Å²) in [4.78, 5) is 8.57. The van der Waals surface area contributed by atoms with Gasteiger partial charge in [-0.15, -0.1) is 29.3 Å². The molecule has 0 atom stereocenters. The van der Waals surface area contributed by atoms with E-state index in [4.69, 9.17) is 9.54 Å². The van der Waals surface area contributed by atoms with Gasteiger partial charge < -0.3 is 0 Å². The van der Waals surface area contributed by atoms with Gasteiger partial charge >= 0.3 is 10.1 Å². The molecular formula is C35H25IrN2O3S-. The number of benzene rings is 4. The van der Waals surface area contributed by atoms with Crippen molar-refractivity contribution < 1.29 is 33.1 Å². The number of hydrogen-bond donors (Lipinski definition) is 1. The molecule has 1 N–H and O–H groups in total. The van der Waals surface area contributed by atoms with Gasteiger partial charge in [0.05, 0.1) is 5.52 Å². The van der Waals surface area contributed by atoms with Crippen LogP contribution in [0, 0.1) is 6.07 Å². The molecule has 42 heavy (non-hydrogen) atoms. The average Bonchev–Trinajstić information content (AvgIpc) is 3.44.